The molecule has 3 rings (SSSR count). The van der Waals surface area contributed by atoms with Crippen molar-refractivity contribution in [2.45, 2.75) is 6.42 Å². The highest BCUT2D eigenvalue weighted by Gasteiger charge is 2.12. The number of carbonyl (C=O) groups is 1. The minimum absolute atomic E-state index is 0.123. The van der Waals surface area contributed by atoms with Gasteiger partial charge in [-0.2, -0.15) is 0 Å². The van der Waals surface area contributed by atoms with Crippen molar-refractivity contribution in [1.29, 1.82) is 0 Å². The van der Waals surface area contributed by atoms with E-state index in [9.17, 15) is 4.79 Å². The molecule has 0 unspecified atom stereocenters. The van der Waals surface area contributed by atoms with Crippen molar-refractivity contribution >= 4 is 17.3 Å². The Kier molecular flexibility index (Phi) is 5.91. The van der Waals surface area contributed by atoms with Crippen LogP contribution in [0.1, 0.15) is 16.8 Å². The van der Waals surface area contributed by atoms with Crippen LogP contribution in [-0.4, -0.2) is 56.2 Å². The molecule has 1 amide bonds. The zero-order valence-corrected chi connectivity index (χ0v) is 15.1. The number of nitrogens with one attached hydrogen (secondary N) is 2. The van der Waals surface area contributed by atoms with Crippen LogP contribution in [0.3, 0.4) is 0 Å². The highest BCUT2D eigenvalue weighted by Crippen LogP contribution is 2.33. The molecule has 2 aromatic rings. The van der Waals surface area contributed by atoms with E-state index in [2.05, 4.69) is 20.5 Å². The summed E-state index contributed by atoms with van der Waals surface area (Å²) in [7, 11) is 4.03. The number of ether oxygens (including phenoxy) is 2. The molecule has 0 aliphatic carbocycles. The van der Waals surface area contributed by atoms with E-state index in [0.717, 1.165) is 30.1 Å². The quantitative estimate of drug-likeness (QED) is 0.742. The lowest BCUT2D eigenvalue weighted by Crippen LogP contribution is -2.27. The van der Waals surface area contributed by atoms with Gasteiger partial charge in [0.25, 0.3) is 5.91 Å². The first-order valence-corrected chi connectivity index (χ1v) is 8.66. The monoisotopic (exact) mass is 356 g/mol. The molecule has 1 aromatic heterocycles. The molecule has 7 heteroatoms. The van der Waals surface area contributed by atoms with E-state index < -0.39 is 0 Å². The summed E-state index contributed by atoms with van der Waals surface area (Å²) in [6.45, 7) is 2.68. The first kappa shape index (κ1) is 18.0. The Hall–Kier alpha value is -2.80. The van der Waals surface area contributed by atoms with Crippen LogP contribution in [0.5, 0.6) is 11.5 Å². The molecule has 0 bridgehead atoms. The van der Waals surface area contributed by atoms with Crippen LogP contribution in [0.15, 0.2) is 36.7 Å². The van der Waals surface area contributed by atoms with Gasteiger partial charge >= 0.3 is 0 Å². The minimum Gasteiger partial charge on any atom is -0.486 e. The molecule has 1 aromatic carbocycles. The number of rotatable bonds is 7. The first-order valence-electron chi connectivity index (χ1n) is 8.66. The average Bonchev–Trinajstić information content (AvgIpc) is 2.65. The lowest BCUT2D eigenvalue weighted by atomic mass is 10.2. The number of amides is 1. The van der Waals surface area contributed by atoms with Crippen molar-refractivity contribution in [3.8, 4) is 11.5 Å². The zero-order chi connectivity index (χ0) is 18.4. The fourth-order valence-electron chi connectivity index (χ4n) is 2.62. The van der Waals surface area contributed by atoms with Crippen LogP contribution >= 0.6 is 0 Å². The van der Waals surface area contributed by atoms with Crippen LogP contribution in [0.2, 0.25) is 0 Å². The second-order valence-electron chi connectivity index (χ2n) is 6.36. The second kappa shape index (κ2) is 8.53. The molecule has 0 radical (unpaired) electrons. The summed E-state index contributed by atoms with van der Waals surface area (Å²) in [5.74, 6) is 1.33. The van der Waals surface area contributed by atoms with Crippen LogP contribution in [-0.2, 0) is 0 Å². The number of nitrogens with zero attached hydrogens (tertiary/aromatic N) is 2. The molecule has 138 valence electrons. The van der Waals surface area contributed by atoms with Gasteiger partial charge in [0.05, 0.1) is 17.4 Å². The van der Waals surface area contributed by atoms with Gasteiger partial charge in [0, 0.05) is 24.5 Å². The maximum atomic E-state index is 12.3. The molecular formula is C19H24N4O3. The van der Waals surface area contributed by atoms with Gasteiger partial charge in [-0.05, 0) is 45.3 Å². The molecule has 0 saturated heterocycles. The highest BCUT2D eigenvalue weighted by atomic mass is 16.6. The molecule has 1 aliphatic rings. The highest BCUT2D eigenvalue weighted by molar-refractivity contribution is 5.94. The predicted molar refractivity (Wildman–Crippen MR) is 100 cm³/mol. The maximum Gasteiger partial charge on any atom is 0.252 e. The summed E-state index contributed by atoms with van der Waals surface area (Å²) in [5, 5.41) is 6.16. The minimum atomic E-state index is -0.123. The van der Waals surface area contributed by atoms with Crippen LogP contribution < -0.4 is 20.1 Å². The first-order chi connectivity index (χ1) is 12.6. The van der Waals surface area contributed by atoms with E-state index in [1.54, 1.807) is 18.5 Å². The van der Waals surface area contributed by atoms with Crippen molar-refractivity contribution in [3.05, 3.63) is 42.2 Å². The summed E-state index contributed by atoms with van der Waals surface area (Å²) >= 11 is 0. The lowest BCUT2D eigenvalue weighted by molar-refractivity contribution is 0.0952. The molecule has 26 heavy (non-hydrogen) atoms. The van der Waals surface area contributed by atoms with E-state index in [0.29, 0.717) is 31.1 Å². The predicted octanol–water partition coefficient (Wildman–Crippen LogP) is 2.28. The van der Waals surface area contributed by atoms with Crippen molar-refractivity contribution < 1.29 is 14.3 Å². The smallest absolute Gasteiger partial charge is 0.252 e. The van der Waals surface area contributed by atoms with Crippen molar-refractivity contribution in [3.63, 3.8) is 0 Å². The zero-order valence-electron chi connectivity index (χ0n) is 15.1. The number of carbonyl (C=O) groups excluding carboxylic acids is 1. The summed E-state index contributed by atoms with van der Waals surface area (Å²) in [6.07, 6.45) is 4.15. The van der Waals surface area contributed by atoms with Gasteiger partial charge in [0.2, 0.25) is 0 Å². The molecule has 0 saturated carbocycles. The fourth-order valence-corrected chi connectivity index (χ4v) is 2.62. The van der Waals surface area contributed by atoms with Crippen molar-refractivity contribution in [2.24, 2.45) is 0 Å². The third kappa shape index (κ3) is 4.86. The molecule has 2 N–H and O–H groups in total. The van der Waals surface area contributed by atoms with Gasteiger partial charge in [-0.3, -0.25) is 9.78 Å². The molecule has 0 atom stereocenters. The number of hydrogen-bond donors (Lipinski definition) is 2. The normalized spacial score (nSPS) is 12.7. The largest absolute Gasteiger partial charge is 0.486 e. The fraction of sp³-hybridized carbons (Fsp3) is 0.368. The van der Waals surface area contributed by atoms with E-state index in [4.69, 9.17) is 9.47 Å². The van der Waals surface area contributed by atoms with Crippen LogP contribution in [0.4, 0.5) is 11.4 Å². The number of aromatic nitrogens is 1. The number of anilines is 2. The molecule has 1 aliphatic heterocycles. The lowest BCUT2D eigenvalue weighted by Gasteiger charge is -2.19. The van der Waals surface area contributed by atoms with E-state index >= 15 is 0 Å². The third-order valence-corrected chi connectivity index (χ3v) is 3.90. The third-order valence-electron chi connectivity index (χ3n) is 3.90. The molecule has 7 nitrogen and oxygen atoms in total. The molecule has 0 fully saturated rings. The number of fused-ring (bicyclic) bond motifs is 1. The van der Waals surface area contributed by atoms with Crippen LogP contribution in [0, 0.1) is 0 Å². The van der Waals surface area contributed by atoms with Crippen molar-refractivity contribution in [1.82, 2.24) is 15.2 Å². The number of pyridine rings is 1. The van der Waals surface area contributed by atoms with Gasteiger partial charge in [0.15, 0.2) is 11.5 Å². The number of hydrogen-bond acceptors (Lipinski definition) is 6. The summed E-state index contributed by atoms with van der Waals surface area (Å²) < 4.78 is 11.1. The van der Waals surface area contributed by atoms with Gasteiger partial charge in [-0.1, -0.05) is 0 Å². The van der Waals surface area contributed by atoms with Crippen molar-refractivity contribution in [2.75, 3.05) is 45.7 Å². The Bertz CT molecular complexity index is 764. The van der Waals surface area contributed by atoms with Gasteiger partial charge in [-0.15, -0.1) is 0 Å². The standard InChI is InChI=1S/C19H24N4O3/c1-23(2)7-3-6-21-19(24)14-10-16(13-20-12-14)22-15-4-5-17-18(11-15)26-9-8-25-17/h4-5,10-13,22H,3,6-9H2,1-2H3,(H,21,24). The Morgan fingerprint density at radius 1 is 1.12 bits per heavy atom. The van der Waals surface area contributed by atoms with E-state index in [-0.39, 0.29) is 5.91 Å². The van der Waals surface area contributed by atoms with Gasteiger partial charge in [-0.25, -0.2) is 0 Å². The Morgan fingerprint density at radius 3 is 2.73 bits per heavy atom. The summed E-state index contributed by atoms with van der Waals surface area (Å²) in [5.41, 5.74) is 2.11. The van der Waals surface area contributed by atoms with Crippen LogP contribution in [0.25, 0.3) is 0 Å². The van der Waals surface area contributed by atoms with E-state index in [1.165, 1.54) is 0 Å². The molecule has 0 spiro atoms. The second-order valence-corrected chi connectivity index (χ2v) is 6.36. The number of benzene rings is 1. The summed E-state index contributed by atoms with van der Waals surface area (Å²) in [4.78, 5) is 18.5. The van der Waals surface area contributed by atoms with Gasteiger partial charge in [0.1, 0.15) is 13.2 Å². The Balaban J connectivity index is 1.61. The topological polar surface area (TPSA) is 75.7 Å². The SMILES string of the molecule is CN(C)CCCNC(=O)c1cncc(Nc2ccc3c(c2)OCCO3)c1. The molecule has 2 heterocycles. The van der Waals surface area contributed by atoms with Gasteiger partial charge < -0.3 is 25.0 Å². The summed E-state index contributed by atoms with van der Waals surface area (Å²) in [6, 6.07) is 7.43. The Morgan fingerprint density at radius 2 is 1.92 bits per heavy atom. The maximum absolute atomic E-state index is 12.3. The average molecular weight is 356 g/mol. The Labute approximate surface area is 153 Å². The van der Waals surface area contributed by atoms with E-state index in [1.807, 2.05) is 32.3 Å². The molecular weight excluding hydrogens is 332 g/mol.